The Balaban J connectivity index is 1.83. The molecule has 196 valence electrons. The van der Waals surface area contributed by atoms with Crippen molar-refractivity contribution in [3.8, 4) is 0 Å². The number of nitrogens with one attached hydrogen (secondary N) is 2. The van der Waals surface area contributed by atoms with Gasteiger partial charge in [0.05, 0.1) is 18.7 Å². The summed E-state index contributed by atoms with van der Waals surface area (Å²) in [6, 6.07) is 7.56. The maximum Gasteiger partial charge on any atom is 0.622 e. The number of hydrogen-bond acceptors (Lipinski definition) is 9. The molecule has 1 saturated heterocycles. The van der Waals surface area contributed by atoms with E-state index in [4.69, 9.17) is 9.31 Å². The lowest BCUT2D eigenvalue weighted by Gasteiger charge is -2.31. The zero-order valence-corrected chi connectivity index (χ0v) is 21.4. The molecule has 1 fully saturated rings. The number of carbonyl (C=O) groups excluding carboxylic acids is 4. The molecular weight excluding hydrogens is 477 g/mol. The Labute approximate surface area is 216 Å². The van der Waals surface area contributed by atoms with E-state index < -0.39 is 48.9 Å². The van der Waals surface area contributed by atoms with Gasteiger partial charge in [-0.15, -0.1) is 0 Å². The normalized spacial score (nSPS) is 18.2. The maximum atomic E-state index is 13.5. The number of likely N-dealkylation sites (N-methyl/N-ethyl adjacent to an activating group) is 1. The van der Waals surface area contributed by atoms with Gasteiger partial charge < -0.3 is 19.9 Å². The van der Waals surface area contributed by atoms with E-state index in [0.29, 0.717) is 6.42 Å². The van der Waals surface area contributed by atoms with Crippen LogP contribution in [-0.2, 0) is 30.1 Å². The molecule has 1 aliphatic rings. The van der Waals surface area contributed by atoms with Gasteiger partial charge >= 0.3 is 19.1 Å². The second kappa shape index (κ2) is 13.0. The molecule has 0 bridgehead atoms. The van der Waals surface area contributed by atoms with Gasteiger partial charge in [0.25, 0.3) is 5.91 Å². The van der Waals surface area contributed by atoms with E-state index in [-0.39, 0.29) is 24.6 Å². The van der Waals surface area contributed by atoms with Crippen LogP contribution >= 0.6 is 0 Å². The highest BCUT2D eigenvalue weighted by molar-refractivity contribution is 6.51. The summed E-state index contributed by atoms with van der Waals surface area (Å²) < 4.78 is 11.0. The lowest BCUT2D eigenvalue weighted by Crippen LogP contribution is -2.59. The van der Waals surface area contributed by atoms with Crippen LogP contribution in [0, 0.1) is 5.92 Å². The highest BCUT2D eigenvalue weighted by atomic mass is 16.6. The van der Waals surface area contributed by atoms with Crippen molar-refractivity contribution in [2.45, 2.75) is 51.6 Å². The van der Waals surface area contributed by atoms with Gasteiger partial charge in [-0.2, -0.15) is 0 Å². The maximum absolute atomic E-state index is 13.5. The van der Waals surface area contributed by atoms with E-state index in [1.54, 1.807) is 14.0 Å². The smallest absolute Gasteiger partial charge is 0.497 e. The van der Waals surface area contributed by atoms with E-state index >= 15 is 0 Å². The molecule has 37 heavy (non-hydrogen) atoms. The van der Waals surface area contributed by atoms with Gasteiger partial charge in [-0.1, -0.05) is 44.2 Å². The van der Waals surface area contributed by atoms with Gasteiger partial charge in [-0.05, 0) is 31.9 Å². The number of carbonyl (C=O) groups is 4. The van der Waals surface area contributed by atoms with Crippen molar-refractivity contribution >= 4 is 30.9 Å². The van der Waals surface area contributed by atoms with Gasteiger partial charge in [0.1, 0.15) is 17.8 Å². The van der Waals surface area contributed by atoms with E-state index in [0.717, 1.165) is 5.56 Å². The minimum Gasteiger partial charge on any atom is -0.497 e. The van der Waals surface area contributed by atoms with E-state index in [9.17, 15) is 19.2 Å². The van der Waals surface area contributed by atoms with Crippen molar-refractivity contribution in [3.05, 3.63) is 60.2 Å². The monoisotopic (exact) mass is 509 g/mol. The SMILES string of the molecule is CC(C)C[C@H](NC(=O)C(Cc1ccccc1)NC(=O)c1cnccn1)B1OC(=O)CN(C)C(C)C(=O)O1. The summed E-state index contributed by atoms with van der Waals surface area (Å²) in [7, 11) is 0.310. The van der Waals surface area contributed by atoms with Crippen LogP contribution in [0.5, 0.6) is 0 Å². The van der Waals surface area contributed by atoms with Crippen LogP contribution in [-0.4, -0.2) is 77.4 Å². The average Bonchev–Trinajstić information content (AvgIpc) is 2.87. The lowest BCUT2D eigenvalue weighted by molar-refractivity contribution is -0.150. The first kappa shape index (κ1) is 27.8. The summed E-state index contributed by atoms with van der Waals surface area (Å²) in [6.45, 7) is 5.39. The summed E-state index contributed by atoms with van der Waals surface area (Å²) >= 11 is 0. The molecule has 2 aromatic rings. The molecule has 2 N–H and O–H groups in total. The van der Waals surface area contributed by atoms with Crippen molar-refractivity contribution in [1.29, 1.82) is 0 Å². The molecule has 3 atom stereocenters. The molecule has 2 amide bonds. The molecule has 0 saturated carbocycles. The van der Waals surface area contributed by atoms with Crippen molar-refractivity contribution in [2.75, 3.05) is 13.6 Å². The van der Waals surface area contributed by atoms with Crippen molar-refractivity contribution in [1.82, 2.24) is 25.5 Å². The zero-order valence-electron chi connectivity index (χ0n) is 21.4. The summed E-state index contributed by atoms with van der Waals surface area (Å²) in [4.78, 5) is 60.8. The van der Waals surface area contributed by atoms with E-state index in [2.05, 4.69) is 20.6 Å². The Morgan fingerprint density at radius 3 is 2.51 bits per heavy atom. The van der Waals surface area contributed by atoms with Crippen LogP contribution in [0.3, 0.4) is 0 Å². The second-order valence-corrected chi connectivity index (χ2v) is 9.44. The van der Waals surface area contributed by atoms with Gasteiger partial charge in [0.2, 0.25) is 5.91 Å². The largest absolute Gasteiger partial charge is 0.622 e. The molecule has 11 nitrogen and oxygen atoms in total. The molecule has 2 heterocycles. The van der Waals surface area contributed by atoms with Crippen LogP contribution in [0.2, 0.25) is 0 Å². The van der Waals surface area contributed by atoms with Gasteiger partial charge in [-0.3, -0.25) is 29.1 Å². The third kappa shape index (κ3) is 8.11. The first-order valence-electron chi connectivity index (χ1n) is 12.2. The van der Waals surface area contributed by atoms with Gasteiger partial charge in [0, 0.05) is 18.8 Å². The van der Waals surface area contributed by atoms with E-state index in [1.165, 1.54) is 23.5 Å². The minimum absolute atomic E-state index is 0.0630. The lowest BCUT2D eigenvalue weighted by atomic mass is 9.73. The number of hydrogen-bond donors (Lipinski definition) is 2. The first-order valence-corrected chi connectivity index (χ1v) is 12.2. The Bertz CT molecular complexity index is 1090. The van der Waals surface area contributed by atoms with Crippen LogP contribution in [0.15, 0.2) is 48.9 Å². The fourth-order valence-electron chi connectivity index (χ4n) is 3.83. The van der Waals surface area contributed by atoms with Crippen LogP contribution in [0.1, 0.15) is 43.2 Å². The molecule has 0 aliphatic carbocycles. The number of rotatable bonds is 9. The van der Waals surface area contributed by atoms with Crippen molar-refractivity contribution in [2.24, 2.45) is 5.92 Å². The predicted octanol–water partition coefficient (Wildman–Crippen LogP) is 0.796. The van der Waals surface area contributed by atoms with Crippen molar-refractivity contribution in [3.63, 3.8) is 0 Å². The molecule has 2 unspecified atom stereocenters. The number of aromatic nitrogens is 2. The summed E-state index contributed by atoms with van der Waals surface area (Å²) in [6.07, 6.45) is 4.68. The molecular formula is C25H32BN5O6. The molecule has 12 heteroatoms. The predicted molar refractivity (Wildman–Crippen MR) is 135 cm³/mol. The molecule has 3 rings (SSSR count). The summed E-state index contributed by atoms with van der Waals surface area (Å²) in [5.74, 6) is -3.00. The Morgan fingerprint density at radius 1 is 1.14 bits per heavy atom. The first-order chi connectivity index (χ1) is 17.6. The third-order valence-corrected chi connectivity index (χ3v) is 5.94. The van der Waals surface area contributed by atoms with Crippen LogP contribution in [0.25, 0.3) is 0 Å². The summed E-state index contributed by atoms with van der Waals surface area (Å²) in [5, 5.41) is 5.57. The van der Waals surface area contributed by atoms with E-state index in [1.807, 2.05) is 44.2 Å². The number of nitrogens with zero attached hydrogens (tertiary/aromatic N) is 3. The molecule has 1 aliphatic heterocycles. The standard InChI is InChI=1S/C25H32BN5O6/c1-16(2)12-21(26-36-22(32)15-31(4)17(3)25(35)37-26)30-23(33)19(13-18-8-6-5-7-9-18)29-24(34)20-14-27-10-11-28-20/h5-11,14,16-17,19,21H,12-13,15H2,1-4H3,(H,29,34)(H,30,33)/t17?,19?,21-/m0/s1. The average molecular weight is 509 g/mol. The molecule has 1 aromatic heterocycles. The van der Waals surface area contributed by atoms with Crippen LogP contribution < -0.4 is 10.6 Å². The highest BCUT2D eigenvalue weighted by Crippen LogP contribution is 2.15. The fourth-order valence-corrected chi connectivity index (χ4v) is 3.83. The number of benzene rings is 1. The third-order valence-electron chi connectivity index (χ3n) is 5.94. The minimum atomic E-state index is -1.31. The van der Waals surface area contributed by atoms with Crippen LogP contribution in [0.4, 0.5) is 0 Å². The molecule has 0 radical (unpaired) electrons. The topological polar surface area (TPSA) is 140 Å². The quantitative estimate of drug-likeness (QED) is 0.470. The summed E-state index contributed by atoms with van der Waals surface area (Å²) in [5.41, 5.74) is 0.885. The molecule has 0 spiro atoms. The fraction of sp³-hybridized carbons (Fsp3) is 0.440. The zero-order chi connectivity index (χ0) is 26.9. The Hall–Kier alpha value is -3.80. The molecule has 1 aromatic carbocycles. The van der Waals surface area contributed by atoms with Crippen molar-refractivity contribution < 1.29 is 28.5 Å². The highest BCUT2D eigenvalue weighted by Gasteiger charge is 2.43. The Kier molecular flexibility index (Phi) is 9.73. The second-order valence-electron chi connectivity index (χ2n) is 9.44. The van der Waals surface area contributed by atoms with Gasteiger partial charge in [-0.25, -0.2) is 4.98 Å². The Morgan fingerprint density at radius 2 is 1.86 bits per heavy atom. The number of amides is 2. The van der Waals surface area contributed by atoms with Gasteiger partial charge in [0.15, 0.2) is 0 Å².